The Morgan fingerprint density at radius 3 is 2.90 bits per heavy atom. The van der Waals surface area contributed by atoms with Gasteiger partial charge in [0.2, 0.25) is 0 Å². The van der Waals surface area contributed by atoms with Gasteiger partial charge in [0.15, 0.2) is 0 Å². The zero-order valence-electron chi connectivity index (χ0n) is 16.4. The fourth-order valence-corrected chi connectivity index (χ4v) is 5.61. The van der Waals surface area contributed by atoms with Crippen molar-refractivity contribution in [2.45, 2.75) is 17.9 Å². The number of carbonyl (C=O) groups is 1. The summed E-state index contributed by atoms with van der Waals surface area (Å²) in [5.41, 5.74) is 1.97. The minimum absolute atomic E-state index is 0.163. The number of rotatable bonds is 4. The van der Waals surface area contributed by atoms with Crippen LogP contribution in [-0.2, 0) is 16.1 Å². The zero-order valence-corrected chi connectivity index (χ0v) is 18.0. The van der Waals surface area contributed by atoms with Crippen LogP contribution in [0.4, 0.5) is 10.1 Å². The number of hydrogen-bond donors (Lipinski definition) is 1. The predicted molar refractivity (Wildman–Crippen MR) is 116 cm³/mol. The third kappa shape index (κ3) is 3.90. The highest BCUT2D eigenvalue weighted by molar-refractivity contribution is 8.08. The average molecular weight is 443 g/mol. The first kappa shape index (κ1) is 20.4. The molecule has 1 aromatic carbocycles. The fraction of sp³-hybridized carbons (Fsp3) is 0.190. The molecule has 0 fully saturated rings. The maximum atomic E-state index is 13.7. The van der Waals surface area contributed by atoms with Crippen LogP contribution < -0.4 is 19.6 Å². The number of pyridine rings is 1. The quantitative estimate of drug-likeness (QED) is 0.628. The second kappa shape index (κ2) is 8.45. The molecule has 0 radical (unpaired) electrons. The van der Waals surface area contributed by atoms with Crippen LogP contribution >= 0.6 is 23.1 Å². The van der Waals surface area contributed by atoms with Gasteiger partial charge in [-0.1, -0.05) is 17.8 Å². The minimum atomic E-state index is -0.332. The summed E-state index contributed by atoms with van der Waals surface area (Å²) in [5, 5.41) is 9.64. The van der Waals surface area contributed by atoms with E-state index in [4.69, 9.17) is 10.1 Å². The van der Waals surface area contributed by atoms with Gasteiger partial charge in [-0.3, -0.25) is 15.2 Å². The molecule has 1 aliphatic heterocycles. The second-order valence-corrected chi connectivity index (χ2v) is 8.63. The summed E-state index contributed by atoms with van der Waals surface area (Å²) in [6, 6.07) is 10.3. The van der Waals surface area contributed by atoms with Gasteiger partial charge in [-0.15, -0.1) is 11.3 Å². The summed E-state index contributed by atoms with van der Waals surface area (Å²) in [5.74, 6) is -0.619. The molecule has 0 unspecified atom stereocenters. The van der Waals surface area contributed by atoms with Crippen molar-refractivity contribution in [3.8, 4) is 0 Å². The highest BCUT2D eigenvalue weighted by atomic mass is 32.2. The van der Waals surface area contributed by atoms with Crippen LogP contribution in [0.1, 0.15) is 12.1 Å². The van der Waals surface area contributed by atoms with Crippen LogP contribution in [0.15, 0.2) is 47.5 Å². The average Bonchev–Trinajstić information content (AvgIpc) is 3.22. The Bertz CT molecular complexity index is 1280. The summed E-state index contributed by atoms with van der Waals surface area (Å²) in [7, 11) is 3.26. The van der Waals surface area contributed by atoms with Crippen molar-refractivity contribution in [3.05, 3.63) is 68.8 Å². The van der Waals surface area contributed by atoms with E-state index in [9.17, 15) is 9.18 Å². The molecule has 4 rings (SSSR count). The molecule has 3 aromatic rings. The molecule has 0 spiro atoms. The number of esters is 1. The summed E-state index contributed by atoms with van der Waals surface area (Å²) < 4.78 is 21.8. The van der Waals surface area contributed by atoms with E-state index >= 15 is 0 Å². The fourth-order valence-electron chi connectivity index (χ4n) is 3.14. The molecule has 1 N–H and O–H groups in total. The van der Waals surface area contributed by atoms with Gasteiger partial charge < -0.3 is 14.2 Å². The topological polar surface area (TPSA) is 71.2 Å². The number of halogens is 1. The molecule has 9 heteroatoms. The molecular formula is C21H19FN4O2S2. The maximum Gasteiger partial charge on any atom is 0.307 e. The van der Waals surface area contributed by atoms with E-state index < -0.39 is 0 Å². The Morgan fingerprint density at radius 1 is 1.33 bits per heavy atom. The van der Waals surface area contributed by atoms with E-state index in [1.165, 1.54) is 42.3 Å². The SMILES string of the molecule is COC(=O)CCn1c(=Cc2ccccn2)sc(=C2Sc3cc(F)ccc3N2C)c1=N. The molecule has 0 atom stereocenters. The lowest BCUT2D eigenvalue weighted by molar-refractivity contribution is -0.140. The molecule has 0 bridgehead atoms. The van der Waals surface area contributed by atoms with Gasteiger partial charge in [0.1, 0.15) is 20.9 Å². The van der Waals surface area contributed by atoms with Crippen molar-refractivity contribution in [3.63, 3.8) is 0 Å². The Hall–Kier alpha value is -2.91. The van der Waals surface area contributed by atoms with Crippen LogP contribution in [-0.4, -0.2) is 29.7 Å². The predicted octanol–water partition coefficient (Wildman–Crippen LogP) is 2.26. The number of ether oxygens (including phenoxy) is 1. The summed E-state index contributed by atoms with van der Waals surface area (Å²) in [6.07, 6.45) is 3.77. The maximum absolute atomic E-state index is 13.7. The first-order valence-corrected chi connectivity index (χ1v) is 10.8. The van der Waals surface area contributed by atoms with Gasteiger partial charge in [-0.2, -0.15) is 0 Å². The van der Waals surface area contributed by atoms with Crippen LogP contribution in [0.25, 0.3) is 11.1 Å². The molecule has 0 amide bonds. The summed E-state index contributed by atoms with van der Waals surface area (Å²) in [6.45, 7) is 0.323. The molecule has 0 saturated heterocycles. The van der Waals surface area contributed by atoms with Gasteiger partial charge in [-0.25, -0.2) is 4.39 Å². The zero-order chi connectivity index (χ0) is 21.3. The lowest BCUT2D eigenvalue weighted by Gasteiger charge is -2.12. The molecule has 6 nitrogen and oxygen atoms in total. The van der Waals surface area contributed by atoms with Crippen LogP contribution in [0.5, 0.6) is 0 Å². The third-order valence-corrected chi connectivity index (χ3v) is 7.16. The standard InChI is InChI=1S/C21H19FN4O2S2/c1-25-15-7-6-13(22)11-16(15)29-21(25)19-20(23)26(10-8-18(27)28-2)17(30-19)12-14-5-3-4-9-24-14/h3-7,9,11-12,23H,8,10H2,1-2H3. The number of aromatic nitrogens is 2. The first-order valence-electron chi connectivity index (χ1n) is 9.17. The van der Waals surface area contributed by atoms with E-state index in [-0.39, 0.29) is 18.2 Å². The van der Waals surface area contributed by atoms with Gasteiger partial charge in [-0.05, 0) is 36.4 Å². The van der Waals surface area contributed by atoms with E-state index in [1.54, 1.807) is 16.8 Å². The van der Waals surface area contributed by atoms with Crippen molar-refractivity contribution in [1.82, 2.24) is 9.55 Å². The number of fused-ring (bicyclic) bond motifs is 1. The normalized spacial score (nSPS) is 15.4. The van der Waals surface area contributed by atoms with Gasteiger partial charge in [0.05, 0.1) is 29.6 Å². The van der Waals surface area contributed by atoms with Crippen molar-refractivity contribution in [1.29, 1.82) is 5.41 Å². The van der Waals surface area contributed by atoms with Crippen molar-refractivity contribution in [2.24, 2.45) is 0 Å². The number of thiazole rings is 1. The molecule has 0 aliphatic carbocycles. The molecule has 30 heavy (non-hydrogen) atoms. The minimum Gasteiger partial charge on any atom is -0.469 e. The van der Waals surface area contributed by atoms with Crippen molar-refractivity contribution >= 4 is 45.9 Å². The molecule has 3 heterocycles. The number of anilines is 1. The van der Waals surface area contributed by atoms with E-state index in [1.807, 2.05) is 36.2 Å². The molecule has 1 aliphatic rings. The lowest BCUT2D eigenvalue weighted by atomic mass is 10.3. The smallest absolute Gasteiger partial charge is 0.307 e. The number of nitrogens with zero attached hydrogens (tertiary/aromatic N) is 3. The second-order valence-electron chi connectivity index (χ2n) is 6.57. The van der Waals surface area contributed by atoms with Crippen LogP contribution in [0, 0.1) is 11.2 Å². The van der Waals surface area contributed by atoms with Crippen LogP contribution in [0.3, 0.4) is 0 Å². The van der Waals surface area contributed by atoms with Crippen LogP contribution in [0.2, 0.25) is 0 Å². The van der Waals surface area contributed by atoms with E-state index in [2.05, 4.69) is 4.98 Å². The van der Waals surface area contributed by atoms with Crippen molar-refractivity contribution < 1.29 is 13.9 Å². The number of nitrogens with one attached hydrogen (secondary N) is 1. The van der Waals surface area contributed by atoms with Crippen molar-refractivity contribution in [2.75, 3.05) is 19.1 Å². The van der Waals surface area contributed by atoms with Gasteiger partial charge in [0.25, 0.3) is 0 Å². The highest BCUT2D eigenvalue weighted by Crippen LogP contribution is 2.45. The first-order chi connectivity index (χ1) is 14.5. The van der Waals surface area contributed by atoms with E-state index in [0.717, 1.165) is 30.5 Å². The van der Waals surface area contributed by atoms with Gasteiger partial charge in [0, 0.05) is 24.7 Å². The Balaban J connectivity index is 1.88. The molecule has 154 valence electrons. The molecule has 2 aromatic heterocycles. The molecular weight excluding hydrogens is 423 g/mol. The summed E-state index contributed by atoms with van der Waals surface area (Å²) >= 11 is 2.89. The number of carbonyl (C=O) groups excluding carboxylic acids is 1. The van der Waals surface area contributed by atoms with Gasteiger partial charge >= 0.3 is 5.97 Å². The highest BCUT2D eigenvalue weighted by Gasteiger charge is 2.24. The Kier molecular flexibility index (Phi) is 5.74. The number of benzene rings is 1. The Labute approximate surface area is 180 Å². The largest absolute Gasteiger partial charge is 0.469 e. The monoisotopic (exact) mass is 442 g/mol. The lowest BCUT2D eigenvalue weighted by Crippen LogP contribution is -2.34. The third-order valence-electron chi connectivity index (χ3n) is 4.67. The Morgan fingerprint density at radius 2 is 2.17 bits per heavy atom. The number of methoxy groups -OCH3 is 1. The van der Waals surface area contributed by atoms with E-state index in [0.29, 0.717) is 12.0 Å². The number of thioether (sulfide) groups is 1. The number of hydrogen-bond acceptors (Lipinski definition) is 7. The summed E-state index contributed by atoms with van der Waals surface area (Å²) in [4.78, 5) is 18.8. The molecule has 0 saturated carbocycles.